The van der Waals surface area contributed by atoms with Gasteiger partial charge in [0.05, 0.1) is 20.7 Å². The molecular weight excluding hydrogens is 311 g/mol. The molecule has 0 atom stereocenters. The summed E-state index contributed by atoms with van der Waals surface area (Å²) in [4.78, 5) is 10.2. The first-order valence-corrected chi connectivity index (χ1v) is 7.16. The summed E-state index contributed by atoms with van der Waals surface area (Å²) < 4.78 is 0. The number of nitrogens with one attached hydrogen (secondary N) is 1. The molecule has 21 heavy (non-hydrogen) atoms. The molecule has 1 N–H and O–H groups in total. The molecule has 0 fully saturated rings. The van der Waals surface area contributed by atoms with Gasteiger partial charge in [-0.15, -0.1) is 0 Å². The van der Waals surface area contributed by atoms with E-state index in [0.29, 0.717) is 12.2 Å². The number of nitro groups is 1. The molecule has 0 aliphatic heterocycles. The van der Waals surface area contributed by atoms with Crippen LogP contribution in [0.2, 0.25) is 10.0 Å². The lowest BCUT2D eigenvalue weighted by molar-refractivity contribution is -0.384. The number of halogens is 2. The second-order valence-corrected chi connectivity index (χ2v) is 5.46. The van der Waals surface area contributed by atoms with Gasteiger partial charge < -0.3 is 5.32 Å². The highest BCUT2D eigenvalue weighted by atomic mass is 35.5. The van der Waals surface area contributed by atoms with Crippen molar-refractivity contribution >= 4 is 34.6 Å². The van der Waals surface area contributed by atoms with Crippen molar-refractivity contribution in [1.29, 1.82) is 0 Å². The molecule has 0 bridgehead atoms. The largest absolute Gasteiger partial charge is 0.382 e. The Kier molecular flexibility index (Phi) is 5.04. The van der Waals surface area contributed by atoms with Gasteiger partial charge in [0.15, 0.2) is 0 Å². The van der Waals surface area contributed by atoms with Gasteiger partial charge >= 0.3 is 0 Å². The highest BCUT2D eigenvalue weighted by Crippen LogP contribution is 2.34. The summed E-state index contributed by atoms with van der Waals surface area (Å²) in [6, 6.07) is 10.7. The number of non-ortho nitro benzene ring substituents is 1. The SMILES string of the molecule is Cc1ccccc1CCNc1c(Cl)cc([N+](=O)[O-])cc1Cl. The van der Waals surface area contributed by atoms with E-state index >= 15 is 0 Å². The maximum atomic E-state index is 10.7. The average Bonchev–Trinajstić information content (AvgIpc) is 2.43. The number of nitrogens with zero attached hydrogens (tertiary/aromatic N) is 1. The minimum atomic E-state index is -0.519. The Hall–Kier alpha value is -1.78. The van der Waals surface area contributed by atoms with Crippen molar-refractivity contribution in [2.24, 2.45) is 0 Å². The van der Waals surface area contributed by atoms with E-state index in [1.807, 2.05) is 12.1 Å². The van der Waals surface area contributed by atoms with Gasteiger partial charge in [0, 0.05) is 18.7 Å². The van der Waals surface area contributed by atoms with Crippen LogP contribution in [0.25, 0.3) is 0 Å². The molecule has 0 amide bonds. The molecule has 0 aliphatic carbocycles. The van der Waals surface area contributed by atoms with Crippen LogP contribution in [0, 0.1) is 17.0 Å². The van der Waals surface area contributed by atoms with Crippen molar-refractivity contribution in [3.05, 3.63) is 67.7 Å². The standard InChI is InChI=1S/C15H14Cl2N2O2/c1-10-4-2-3-5-11(10)6-7-18-15-13(16)8-12(19(20)21)9-14(15)17/h2-5,8-9,18H,6-7H2,1H3. The number of anilines is 1. The van der Waals surface area contributed by atoms with Crippen LogP contribution < -0.4 is 5.32 Å². The zero-order valence-electron chi connectivity index (χ0n) is 11.4. The van der Waals surface area contributed by atoms with E-state index in [0.717, 1.165) is 6.42 Å². The number of aryl methyl sites for hydroxylation is 1. The fraction of sp³-hybridized carbons (Fsp3) is 0.200. The summed E-state index contributed by atoms with van der Waals surface area (Å²) in [5, 5.41) is 14.4. The van der Waals surface area contributed by atoms with Crippen LogP contribution >= 0.6 is 23.2 Å². The van der Waals surface area contributed by atoms with Crippen molar-refractivity contribution < 1.29 is 4.92 Å². The maximum Gasteiger partial charge on any atom is 0.272 e. The quantitative estimate of drug-likeness (QED) is 0.630. The molecule has 0 saturated heterocycles. The summed E-state index contributed by atoms with van der Waals surface area (Å²) in [5.74, 6) is 0. The van der Waals surface area contributed by atoms with E-state index in [1.165, 1.54) is 23.3 Å². The Labute approximate surface area is 132 Å². The lowest BCUT2D eigenvalue weighted by Crippen LogP contribution is -2.07. The number of hydrogen-bond acceptors (Lipinski definition) is 3. The molecule has 0 unspecified atom stereocenters. The van der Waals surface area contributed by atoms with Crippen LogP contribution in [0.15, 0.2) is 36.4 Å². The number of nitro benzene ring substituents is 1. The molecule has 6 heteroatoms. The molecule has 0 aliphatic rings. The van der Waals surface area contributed by atoms with E-state index in [2.05, 4.69) is 24.4 Å². The van der Waals surface area contributed by atoms with Crippen molar-refractivity contribution in [2.75, 3.05) is 11.9 Å². The first kappa shape index (κ1) is 15.6. The van der Waals surface area contributed by atoms with Crippen LogP contribution in [0.4, 0.5) is 11.4 Å². The van der Waals surface area contributed by atoms with Gasteiger partial charge in [0.2, 0.25) is 0 Å². The monoisotopic (exact) mass is 324 g/mol. The molecule has 0 aromatic heterocycles. The highest BCUT2D eigenvalue weighted by molar-refractivity contribution is 6.39. The van der Waals surface area contributed by atoms with Crippen molar-refractivity contribution in [1.82, 2.24) is 0 Å². The average molecular weight is 325 g/mol. The lowest BCUT2D eigenvalue weighted by atomic mass is 10.1. The number of hydrogen-bond donors (Lipinski definition) is 1. The van der Waals surface area contributed by atoms with Crippen molar-refractivity contribution in [3.63, 3.8) is 0 Å². The van der Waals surface area contributed by atoms with Gasteiger partial charge in [-0.05, 0) is 24.5 Å². The predicted octanol–water partition coefficient (Wildman–Crippen LogP) is 4.86. The lowest BCUT2D eigenvalue weighted by Gasteiger charge is -2.11. The maximum absolute atomic E-state index is 10.7. The van der Waals surface area contributed by atoms with E-state index in [-0.39, 0.29) is 15.7 Å². The number of benzene rings is 2. The van der Waals surface area contributed by atoms with Gasteiger partial charge in [-0.2, -0.15) is 0 Å². The Morgan fingerprint density at radius 2 is 1.81 bits per heavy atom. The smallest absolute Gasteiger partial charge is 0.272 e. The fourth-order valence-corrected chi connectivity index (χ4v) is 2.66. The zero-order valence-corrected chi connectivity index (χ0v) is 12.9. The Balaban J connectivity index is 2.07. The first-order valence-electron chi connectivity index (χ1n) is 6.41. The molecule has 2 aromatic rings. The summed E-state index contributed by atoms with van der Waals surface area (Å²) in [7, 11) is 0. The molecule has 0 heterocycles. The summed E-state index contributed by atoms with van der Waals surface area (Å²) in [6.45, 7) is 2.70. The van der Waals surface area contributed by atoms with Crippen molar-refractivity contribution in [2.45, 2.75) is 13.3 Å². The van der Waals surface area contributed by atoms with Crippen LogP contribution in [0.3, 0.4) is 0 Å². The molecule has 0 saturated carbocycles. The summed E-state index contributed by atoms with van der Waals surface area (Å²) in [6.07, 6.45) is 0.816. The normalized spacial score (nSPS) is 10.4. The molecule has 4 nitrogen and oxygen atoms in total. The minimum Gasteiger partial charge on any atom is -0.382 e. The molecule has 2 rings (SSSR count). The van der Waals surface area contributed by atoms with Crippen molar-refractivity contribution in [3.8, 4) is 0 Å². The van der Waals surface area contributed by atoms with E-state index in [4.69, 9.17) is 23.2 Å². The third-order valence-electron chi connectivity index (χ3n) is 3.20. The van der Waals surface area contributed by atoms with Gasteiger partial charge in [-0.3, -0.25) is 10.1 Å². The second-order valence-electron chi connectivity index (χ2n) is 4.64. The molecule has 0 radical (unpaired) electrons. The van der Waals surface area contributed by atoms with E-state index < -0.39 is 4.92 Å². The van der Waals surface area contributed by atoms with Gasteiger partial charge in [-0.1, -0.05) is 47.5 Å². The molecule has 2 aromatic carbocycles. The Morgan fingerprint density at radius 3 is 2.38 bits per heavy atom. The van der Waals surface area contributed by atoms with Crippen LogP contribution in [-0.2, 0) is 6.42 Å². The molecule has 0 spiro atoms. The highest BCUT2D eigenvalue weighted by Gasteiger charge is 2.14. The Morgan fingerprint density at radius 1 is 1.19 bits per heavy atom. The Bertz CT molecular complexity index is 651. The third kappa shape index (κ3) is 3.86. The predicted molar refractivity (Wildman–Crippen MR) is 86.5 cm³/mol. The second kappa shape index (κ2) is 6.78. The summed E-state index contributed by atoms with van der Waals surface area (Å²) in [5.41, 5.74) is 2.87. The summed E-state index contributed by atoms with van der Waals surface area (Å²) >= 11 is 12.1. The van der Waals surface area contributed by atoms with Gasteiger partial charge in [0.1, 0.15) is 0 Å². The topological polar surface area (TPSA) is 55.2 Å². The molecular formula is C15H14Cl2N2O2. The van der Waals surface area contributed by atoms with E-state index in [1.54, 1.807) is 0 Å². The zero-order chi connectivity index (χ0) is 15.4. The van der Waals surface area contributed by atoms with Gasteiger partial charge in [-0.25, -0.2) is 0 Å². The third-order valence-corrected chi connectivity index (χ3v) is 3.79. The van der Waals surface area contributed by atoms with E-state index in [9.17, 15) is 10.1 Å². The van der Waals surface area contributed by atoms with Crippen LogP contribution in [0.5, 0.6) is 0 Å². The van der Waals surface area contributed by atoms with Crippen LogP contribution in [-0.4, -0.2) is 11.5 Å². The van der Waals surface area contributed by atoms with Gasteiger partial charge in [0.25, 0.3) is 5.69 Å². The number of rotatable bonds is 5. The molecule has 110 valence electrons. The van der Waals surface area contributed by atoms with Crippen LogP contribution in [0.1, 0.15) is 11.1 Å². The fourth-order valence-electron chi connectivity index (χ4n) is 2.05. The minimum absolute atomic E-state index is 0.116. The first-order chi connectivity index (χ1) is 9.99.